The molecule has 4 aromatic rings. The van der Waals surface area contributed by atoms with Crippen LogP contribution >= 0.6 is 23.4 Å². The first kappa shape index (κ1) is 25.0. The van der Waals surface area contributed by atoms with E-state index in [2.05, 4.69) is 10.6 Å². The van der Waals surface area contributed by atoms with Gasteiger partial charge in [0, 0.05) is 26.9 Å². The number of benzene rings is 4. The molecule has 1 atom stereocenters. The van der Waals surface area contributed by atoms with E-state index < -0.39 is 11.2 Å². The van der Waals surface area contributed by atoms with Crippen molar-refractivity contribution in [3.05, 3.63) is 125 Å². The smallest absolute Gasteiger partial charge is 0.335 e. The standard InChI is InChI=1S/C28H21ClN2O4S/c29-21-11-4-9-19(15-21)26(32)30-23-13-6-14-24(17-23)36-25(18-7-2-1-3-8-18)27(33)31-22-12-5-10-20(16-22)28(34)35/h1-17,25H,(H,30,32)(H,31,33)(H,34,35). The van der Waals surface area contributed by atoms with Crippen LogP contribution in [0.15, 0.2) is 108 Å². The summed E-state index contributed by atoms with van der Waals surface area (Å²) in [6.45, 7) is 0. The van der Waals surface area contributed by atoms with Gasteiger partial charge in [0.15, 0.2) is 0 Å². The molecular formula is C28H21ClN2O4S. The maximum absolute atomic E-state index is 13.3. The highest BCUT2D eigenvalue weighted by molar-refractivity contribution is 8.00. The van der Waals surface area contributed by atoms with Crippen molar-refractivity contribution in [2.45, 2.75) is 10.1 Å². The number of nitrogens with one attached hydrogen (secondary N) is 2. The van der Waals surface area contributed by atoms with E-state index in [1.54, 1.807) is 54.6 Å². The van der Waals surface area contributed by atoms with Gasteiger partial charge in [-0.1, -0.05) is 60.1 Å². The Morgan fingerprint density at radius 3 is 2.11 bits per heavy atom. The monoisotopic (exact) mass is 516 g/mol. The Labute approximate surface area is 217 Å². The highest BCUT2D eigenvalue weighted by Crippen LogP contribution is 2.37. The lowest BCUT2D eigenvalue weighted by atomic mass is 10.1. The summed E-state index contributed by atoms with van der Waals surface area (Å²) in [5.74, 6) is -1.67. The first-order chi connectivity index (χ1) is 17.4. The van der Waals surface area contributed by atoms with Crippen LogP contribution < -0.4 is 10.6 Å². The van der Waals surface area contributed by atoms with Crippen molar-refractivity contribution in [3.8, 4) is 0 Å². The fourth-order valence-corrected chi connectivity index (χ4v) is 4.73. The summed E-state index contributed by atoms with van der Waals surface area (Å²) in [5.41, 5.74) is 2.27. The van der Waals surface area contributed by atoms with E-state index in [1.165, 1.54) is 23.9 Å². The van der Waals surface area contributed by atoms with E-state index in [1.807, 2.05) is 36.4 Å². The zero-order chi connectivity index (χ0) is 25.5. The summed E-state index contributed by atoms with van der Waals surface area (Å²) in [7, 11) is 0. The molecule has 4 aromatic carbocycles. The van der Waals surface area contributed by atoms with Gasteiger partial charge < -0.3 is 15.7 Å². The normalized spacial score (nSPS) is 11.4. The summed E-state index contributed by atoms with van der Waals surface area (Å²) < 4.78 is 0. The Kier molecular flexibility index (Phi) is 8.05. The molecule has 0 spiro atoms. The summed E-state index contributed by atoms with van der Waals surface area (Å²) >= 11 is 7.31. The average molecular weight is 517 g/mol. The molecule has 8 heteroatoms. The maximum Gasteiger partial charge on any atom is 0.335 e. The number of thioether (sulfide) groups is 1. The number of carbonyl (C=O) groups excluding carboxylic acids is 2. The van der Waals surface area contributed by atoms with Gasteiger partial charge in [-0.05, 0) is 60.2 Å². The fraction of sp³-hybridized carbons (Fsp3) is 0.0357. The zero-order valence-electron chi connectivity index (χ0n) is 18.9. The predicted molar refractivity (Wildman–Crippen MR) is 143 cm³/mol. The first-order valence-corrected chi connectivity index (χ1v) is 12.2. The molecule has 0 radical (unpaired) electrons. The van der Waals surface area contributed by atoms with Gasteiger partial charge in [-0.2, -0.15) is 0 Å². The number of rotatable bonds is 8. The molecule has 0 bridgehead atoms. The average Bonchev–Trinajstić information content (AvgIpc) is 2.88. The van der Waals surface area contributed by atoms with E-state index in [4.69, 9.17) is 11.6 Å². The molecule has 3 N–H and O–H groups in total. The van der Waals surface area contributed by atoms with Crippen molar-refractivity contribution in [1.29, 1.82) is 0 Å². The third-order valence-electron chi connectivity index (χ3n) is 5.15. The minimum atomic E-state index is -1.07. The Morgan fingerprint density at radius 1 is 0.722 bits per heavy atom. The lowest BCUT2D eigenvalue weighted by Gasteiger charge is -2.18. The van der Waals surface area contributed by atoms with Gasteiger partial charge in [0.1, 0.15) is 5.25 Å². The number of carbonyl (C=O) groups is 3. The Hall–Kier alpha value is -4.07. The molecule has 0 aromatic heterocycles. The van der Waals surface area contributed by atoms with Crippen molar-refractivity contribution < 1.29 is 19.5 Å². The minimum Gasteiger partial charge on any atom is -0.478 e. The zero-order valence-corrected chi connectivity index (χ0v) is 20.4. The maximum atomic E-state index is 13.3. The van der Waals surface area contributed by atoms with E-state index in [0.717, 1.165) is 10.5 Å². The molecule has 0 aliphatic carbocycles. The van der Waals surface area contributed by atoms with Crippen LogP contribution in [0.1, 0.15) is 31.5 Å². The van der Waals surface area contributed by atoms with Crippen LogP contribution in [0.5, 0.6) is 0 Å². The van der Waals surface area contributed by atoms with Crippen molar-refractivity contribution in [2.24, 2.45) is 0 Å². The number of carboxylic acid groups (broad SMARTS) is 1. The van der Waals surface area contributed by atoms with Gasteiger partial charge >= 0.3 is 5.97 Å². The van der Waals surface area contributed by atoms with Crippen LogP contribution in [0.25, 0.3) is 0 Å². The second-order valence-electron chi connectivity index (χ2n) is 7.78. The third-order valence-corrected chi connectivity index (χ3v) is 6.63. The molecule has 4 rings (SSSR count). The van der Waals surface area contributed by atoms with E-state index in [9.17, 15) is 19.5 Å². The number of hydrogen-bond acceptors (Lipinski definition) is 4. The van der Waals surface area contributed by atoms with E-state index in [0.29, 0.717) is 22.0 Å². The van der Waals surface area contributed by atoms with Crippen molar-refractivity contribution in [1.82, 2.24) is 0 Å². The van der Waals surface area contributed by atoms with Crippen molar-refractivity contribution >= 4 is 52.5 Å². The lowest BCUT2D eigenvalue weighted by molar-refractivity contribution is -0.115. The Bertz CT molecular complexity index is 1410. The SMILES string of the molecule is O=C(O)c1cccc(NC(=O)C(Sc2cccc(NC(=O)c3cccc(Cl)c3)c2)c2ccccc2)c1. The van der Waals surface area contributed by atoms with E-state index >= 15 is 0 Å². The molecule has 0 saturated heterocycles. The van der Waals surface area contributed by atoms with E-state index in [-0.39, 0.29) is 17.4 Å². The van der Waals surface area contributed by atoms with Gasteiger partial charge in [-0.25, -0.2) is 4.79 Å². The van der Waals surface area contributed by atoms with Gasteiger partial charge in [0.25, 0.3) is 5.91 Å². The molecule has 0 aliphatic rings. The van der Waals surface area contributed by atoms with Gasteiger partial charge in [-0.3, -0.25) is 9.59 Å². The van der Waals surface area contributed by atoms with Crippen molar-refractivity contribution in [3.63, 3.8) is 0 Å². The summed E-state index contributed by atoms with van der Waals surface area (Å²) in [6.07, 6.45) is 0. The highest BCUT2D eigenvalue weighted by Gasteiger charge is 2.23. The molecule has 1 unspecified atom stereocenters. The molecule has 36 heavy (non-hydrogen) atoms. The quantitative estimate of drug-likeness (QED) is 0.225. The lowest BCUT2D eigenvalue weighted by Crippen LogP contribution is -2.19. The second-order valence-corrected chi connectivity index (χ2v) is 9.39. The van der Waals surface area contributed by atoms with Gasteiger partial charge in [0.05, 0.1) is 5.56 Å². The molecular weight excluding hydrogens is 496 g/mol. The number of anilines is 2. The number of aromatic carboxylic acids is 1. The van der Waals surface area contributed by atoms with Crippen molar-refractivity contribution in [2.75, 3.05) is 10.6 Å². The number of amides is 2. The molecule has 0 heterocycles. The molecule has 0 aliphatic heterocycles. The summed E-state index contributed by atoms with van der Waals surface area (Å²) in [5, 5.41) is 14.8. The predicted octanol–water partition coefficient (Wildman–Crippen LogP) is 6.76. The largest absolute Gasteiger partial charge is 0.478 e. The Morgan fingerprint density at radius 2 is 1.39 bits per heavy atom. The fourth-order valence-electron chi connectivity index (χ4n) is 3.45. The topological polar surface area (TPSA) is 95.5 Å². The summed E-state index contributed by atoms with van der Waals surface area (Å²) in [4.78, 5) is 38.0. The number of carboxylic acids is 1. The highest BCUT2D eigenvalue weighted by atomic mass is 35.5. The molecule has 6 nitrogen and oxygen atoms in total. The molecule has 180 valence electrons. The van der Waals surface area contributed by atoms with Crippen LogP contribution in [-0.2, 0) is 4.79 Å². The number of halogens is 1. The van der Waals surface area contributed by atoms with Crippen LogP contribution in [0.4, 0.5) is 11.4 Å². The van der Waals surface area contributed by atoms with Crippen LogP contribution in [0.2, 0.25) is 5.02 Å². The minimum absolute atomic E-state index is 0.0832. The molecule has 0 saturated carbocycles. The summed E-state index contributed by atoms with van der Waals surface area (Å²) in [6, 6.07) is 29.3. The van der Waals surface area contributed by atoms with Crippen LogP contribution in [-0.4, -0.2) is 22.9 Å². The molecule has 0 fully saturated rings. The molecule has 2 amide bonds. The van der Waals surface area contributed by atoms with Crippen LogP contribution in [0, 0.1) is 0 Å². The second kappa shape index (κ2) is 11.6. The van der Waals surface area contributed by atoms with Gasteiger partial charge in [0.2, 0.25) is 5.91 Å². The van der Waals surface area contributed by atoms with Gasteiger partial charge in [-0.15, -0.1) is 11.8 Å². The van der Waals surface area contributed by atoms with Crippen LogP contribution in [0.3, 0.4) is 0 Å². The third kappa shape index (κ3) is 6.53. The number of hydrogen-bond donors (Lipinski definition) is 3. The first-order valence-electron chi connectivity index (χ1n) is 10.9. The Balaban J connectivity index is 1.55.